The molecule has 1 N–H and O–H groups in total. The van der Waals surface area contributed by atoms with Crippen LogP contribution in [0.25, 0.3) is 0 Å². The van der Waals surface area contributed by atoms with Crippen molar-refractivity contribution in [2.45, 2.75) is 6.18 Å². The third kappa shape index (κ3) is 2.37. The number of aromatic hydroxyl groups is 1. The van der Waals surface area contributed by atoms with Crippen LogP contribution in [-0.2, 0) is 6.18 Å². The van der Waals surface area contributed by atoms with Gasteiger partial charge in [0.15, 0.2) is 10.9 Å². The summed E-state index contributed by atoms with van der Waals surface area (Å²) < 4.78 is 36.2. The maximum absolute atomic E-state index is 12.1. The van der Waals surface area contributed by atoms with Crippen LogP contribution in [0.5, 0.6) is 5.75 Å². The second kappa shape index (κ2) is 3.49. The van der Waals surface area contributed by atoms with Crippen molar-refractivity contribution in [2.24, 2.45) is 0 Å². The molecule has 1 heterocycles. The Balaban J connectivity index is 3.29. The van der Waals surface area contributed by atoms with Gasteiger partial charge >= 0.3 is 6.18 Å². The van der Waals surface area contributed by atoms with Gasteiger partial charge in [-0.3, -0.25) is 0 Å². The molecule has 0 aromatic carbocycles. The van der Waals surface area contributed by atoms with Gasteiger partial charge in [-0.2, -0.15) is 13.2 Å². The van der Waals surface area contributed by atoms with Crippen molar-refractivity contribution >= 4 is 34.2 Å². The zero-order valence-electron chi connectivity index (χ0n) is 5.86. The van der Waals surface area contributed by atoms with Crippen molar-refractivity contribution < 1.29 is 18.3 Å². The number of hydrogen-bond donors (Lipinski definition) is 1. The molecule has 0 aliphatic heterocycles. The van der Waals surface area contributed by atoms with E-state index in [1.807, 2.05) is 0 Å². The minimum atomic E-state index is -4.54. The van der Waals surface area contributed by atoms with E-state index in [4.69, 9.17) is 16.7 Å². The van der Waals surface area contributed by atoms with Crippen molar-refractivity contribution in [3.8, 4) is 5.75 Å². The fourth-order valence-electron chi connectivity index (χ4n) is 0.623. The lowest BCUT2D eigenvalue weighted by molar-refractivity contribution is -0.141. The lowest BCUT2D eigenvalue weighted by Gasteiger charge is -2.07. The Bertz CT molecular complexity index is 318. The Morgan fingerprint density at radius 3 is 2.38 bits per heavy atom. The average Bonchev–Trinajstić information content (AvgIpc) is 1.97. The van der Waals surface area contributed by atoms with E-state index in [-0.39, 0.29) is 3.57 Å². The van der Waals surface area contributed by atoms with E-state index in [9.17, 15) is 13.2 Å². The summed E-state index contributed by atoms with van der Waals surface area (Å²) in [5, 5.41) is 8.48. The molecule has 0 aliphatic rings. The van der Waals surface area contributed by atoms with Gasteiger partial charge in [0.25, 0.3) is 0 Å². The van der Waals surface area contributed by atoms with Crippen LogP contribution < -0.4 is 0 Å². The van der Waals surface area contributed by atoms with Crippen LogP contribution in [0.3, 0.4) is 0 Å². The molecule has 72 valence electrons. The van der Waals surface area contributed by atoms with E-state index in [1.165, 1.54) is 0 Å². The highest BCUT2D eigenvalue weighted by Crippen LogP contribution is 2.34. The van der Waals surface area contributed by atoms with Crippen LogP contribution in [-0.4, -0.2) is 10.1 Å². The first kappa shape index (κ1) is 10.8. The second-order valence-electron chi connectivity index (χ2n) is 2.13. The van der Waals surface area contributed by atoms with Gasteiger partial charge in [0.1, 0.15) is 5.69 Å². The maximum Gasteiger partial charge on any atom is 0.433 e. The predicted octanol–water partition coefficient (Wildman–Crippen LogP) is 3.06. The largest absolute Gasteiger partial charge is 0.504 e. The van der Waals surface area contributed by atoms with Crippen LogP contribution >= 0.6 is 34.2 Å². The Hall–Kier alpha value is -0.240. The number of nitrogens with zero attached hydrogens (tertiary/aromatic N) is 1. The molecular formula is C6H2ClF3INO. The van der Waals surface area contributed by atoms with Crippen LogP contribution in [0.4, 0.5) is 13.2 Å². The summed E-state index contributed by atoms with van der Waals surface area (Å²) in [5.74, 6) is -0.435. The third-order valence-electron chi connectivity index (χ3n) is 1.19. The maximum atomic E-state index is 12.1. The molecule has 1 aromatic heterocycles. The fourth-order valence-corrected chi connectivity index (χ4v) is 1.53. The topological polar surface area (TPSA) is 33.1 Å². The molecule has 0 fully saturated rings. The zero-order chi connectivity index (χ0) is 10.2. The summed E-state index contributed by atoms with van der Waals surface area (Å²) in [6, 6.07) is 0.724. The highest BCUT2D eigenvalue weighted by Gasteiger charge is 2.33. The minimum Gasteiger partial charge on any atom is -0.504 e. The first-order valence-electron chi connectivity index (χ1n) is 2.94. The van der Waals surface area contributed by atoms with Gasteiger partial charge in [0, 0.05) is 0 Å². The quantitative estimate of drug-likeness (QED) is 0.588. The molecule has 1 aromatic rings. The van der Waals surface area contributed by atoms with Gasteiger partial charge in [-0.05, 0) is 28.7 Å². The zero-order valence-corrected chi connectivity index (χ0v) is 8.78. The average molecular weight is 323 g/mol. The highest BCUT2D eigenvalue weighted by molar-refractivity contribution is 14.1. The van der Waals surface area contributed by atoms with Gasteiger partial charge in [-0.1, -0.05) is 11.6 Å². The molecule has 0 amide bonds. The molecule has 0 spiro atoms. The van der Waals surface area contributed by atoms with E-state index in [0.717, 1.165) is 6.07 Å². The number of hydrogen-bond acceptors (Lipinski definition) is 2. The number of aromatic nitrogens is 1. The number of rotatable bonds is 0. The summed E-state index contributed by atoms with van der Waals surface area (Å²) in [6.07, 6.45) is -4.54. The standard InChI is InChI=1S/C6H2ClF3INO/c7-5-4(13)2(11)1-3(12-5)6(8,9)10/h1,13H. The van der Waals surface area contributed by atoms with Crippen LogP contribution in [0.2, 0.25) is 5.15 Å². The SMILES string of the molecule is Oc1c(I)cc(C(F)(F)F)nc1Cl. The van der Waals surface area contributed by atoms with Crippen molar-refractivity contribution in [3.05, 3.63) is 20.5 Å². The summed E-state index contributed by atoms with van der Waals surface area (Å²) in [5.41, 5.74) is -1.11. The summed E-state index contributed by atoms with van der Waals surface area (Å²) >= 11 is 6.80. The van der Waals surface area contributed by atoms with E-state index in [2.05, 4.69) is 4.98 Å². The molecule has 0 saturated carbocycles. The molecule has 13 heavy (non-hydrogen) atoms. The van der Waals surface area contributed by atoms with E-state index in [1.54, 1.807) is 22.6 Å². The number of alkyl halides is 3. The highest BCUT2D eigenvalue weighted by atomic mass is 127. The lowest BCUT2D eigenvalue weighted by atomic mass is 10.3. The molecule has 0 bridgehead atoms. The molecule has 2 nitrogen and oxygen atoms in total. The molecular weight excluding hydrogens is 321 g/mol. The summed E-state index contributed by atoms with van der Waals surface area (Å²) in [6.45, 7) is 0. The normalized spacial score (nSPS) is 11.8. The Kier molecular flexibility index (Phi) is 2.91. The lowest BCUT2D eigenvalue weighted by Crippen LogP contribution is -2.08. The molecule has 0 atom stereocenters. The van der Waals surface area contributed by atoms with Gasteiger partial charge in [-0.15, -0.1) is 0 Å². The van der Waals surface area contributed by atoms with Gasteiger partial charge in [0.2, 0.25) is 0 Å². The molecule has 0 radical (unpaired) electrons. The van der Waals surface area contributed by atoms with Crippen molar-refractivity contribution in [1.82, 2.24) is 4.98 Å². The first-order valence-corrected chi connectivity index (χ1v) is 4.40. The van der Waals surface area contributed by atoms with Crippen LogP contribution in [0.1, 0.15) is 5.69 Å². The number of pyridine rings is 1. The van der Waals surface area contributed by atoms with Crippen molar-refractivity contribution in [1.29, 1.82) is 0 Å². The number of halogens is 5. The monoisotopic (exact) mass is 323 g/mol. The molecule has 0 saturated heterocycles. The molecule has 0 aliphatic carbocycles. The molecule has 0 unspecified atom stereocenters. The summed E-state index contributed by atoms with van der Waals surface area (Å²) in [4.78, 5) is 2.99. The van der Waals surface area contributed by atoms with Gasteiger partial charge in [0.05, 0.1) is 3.57 Å². The second-order valence-corrected chi connectivity index (χ2v) is 3.65. The van der Waals surface area contributed by atoms with Gasteiger partial charge in [-0.25, -0.2) is 4.98 Å². The third-order valence-corrected chi connectivity index (χ3v) is 2.28. The molecule has 1 rings (SSSR count). The fraction of sp³-hybridized carbons (Fsp3) is 0.167. The van der Waals surface area contributed by atoms with Crippen molar-refractivity contribution in [2.75, 3.05) is 0 Å². The summed E-state index contributed by atoms with van der Waals surface area (Å²) in [7, 11) is 0. The van der Waals surface area contributed by atoms with E-state index in [0.29, 0.717) is 0 Å². The van der Waals surface area contributed by atoms with Gasteiger partial charge < -0.3 is 5.11 Å². The van der Waals surface area contributed by atoms with Crippen LogP contribution in [0.15, 0.2) is 6.07 Å². The minimum absolute atomic E-state index is 0.0184. The van der Waals surface area contributed by atoms with Crippen molar-refractivity contribution in [3.63, 3.8) is 0 Å². The molecule has 7 heteroatoms. The van der Waals surface area contributed by atoms with E-state index < -0.39 is 22.8 Å². The van der Waals surface area contributed by atoms with Crippen LogP contribution in [0, 0.1) is 3.57 Å². The first-order chi connectivity index (χ1) is 5.82. The van der Waals surface area contributed by atoms with E-state index >= 15 is 0 Å². The predicted molar refractivity (Wildman–Crippen MR) is 48.6 cm³/mol. The Morgan fingerprint density at radius 1 is 1.46 bits per heavy atom. The smallest absolute Gasteiger partial charge is 0.433 e. The Morgan fingerprint density at radius 2 is 2.00 bits per heavy atom. The Labute approximate surface area is 89.9 Å².